The molecule has 0 radical (unpaired) electrons. The van der Waals surface area contributed by atoms with Crippen LogP contribution in [0.15, 0.2) is 24.3 Å². The molecule has 3 fully saturated rings. The number of amides is 2. The van der Waals surface area contributed by atoms with Crippen LogP contribution in [-0.4, -0.2) is 53.4 Å². The van der Waals surface area contributed by atoms with E-state index < -0.39 is 0 Å². The van der Waals surface area contributed by atoms with Gasteiger partial charge >= 0.3 is 0 Å². The molecule has 0 spiro atoms. The molecule has 0 N–H and O–H groups in total. The van der Waals surface area contributed by atoms with E-state index in [1.54, 1.807) is 0 Å². The summed E-state index contributed by atoms with van der Waals surface area (Å²) in [5.74, 6) is 1.05. The summed E-state index contributed by atoms with van der Waals surface area (Å²) in [6.45, 7) is 3.99. The molecule has 1 atom stereocenters. The van der Waals surface area contributed by atoms with Crippen molar-refractivity contribution in [3.8, 4) is 5.75 Å². The molecule has 1 aromatic rings. The van der Waals surface area contributed by atoms with Gasteiger partial charge < -0.3 is 14.5 Å². The molecule has 2 saturated heterocycles. The molecule has 2 amide bonds. The molecule has 0 unspecified atom stereocenters. The van der Waals surface area contributed by atoms with E-state index in [-0.39, 0.29) is 23.8 Å². The summed E-state index contributed by atoms with van der Waals surface area (Å²) in [6, 6.07) is 8.48. The van der Waals surface area contributed by atoms with Crippen molar-refractivity contribution in [3.63, 3.8) is 0 Å². The van der Waals surface area contributed by atoms with Crippen LogP contribution in [0, 0.1) is 5.92 Å². The molecule has 2 heterocycles. The van der Waals surface area contributed by atoms with E-state index in [0.717, 1.165) is 25.0 Å². The Bertz CT molecular complexity index is 650. The third-order valence-electron chi connectivity index (χ3n) is 5.30. The molecule has 1 aromatic carbocycles. The normalized spacial score (nSPS) is 24.2. The van der Waals surface area contributed by atoms with Gasteiger partial charge in [-0.2, -0.15) is 0 Å². The van der Waals surface area contributed by atoms with Crippen molar-refractivity contribution in [1.29, 1.82) is 0 Å². The van der Waals surface area contributed by atoms with Gasteiger partial charge in [-0.1, -0.05) is 25.1 Å². The molecule has 5 nitrogen and oxygen atoms in total. The lowest BCUT2D eigenvalue weighted by Gasteiger charge is -2.40. The van der Waals surface area contributed by atoms with E-state index in [0.29, 0.717) is 32.1 Å². The first kappa shape index (κ1) is 15.5. The Labute approximate surface area is 142 Å². The third kappa shape index (κ3) is 2.87. The number of rotatable bonds is 5. The largest absolute Gasteiger partial charge is 0.486 e. The molecular formula is C19H24N2O3. The second-order valence-electron chi connectivity index (χ2n) is 7.12. The summed E-state index contributed by atoms with van der Waals surface area (Å²) >= 11 is 0. The van der Waals surface area contributed by atoms with Crippen LogP contribution in [0.3, 0.4) is 0 Å². The van der Waals surface area contributed by atoms with Gasteiger partial charge in [0.15, 0.2) is 0 Å². The van der Waals surface area contributed by atoms with Crippen molar-refractivity contribution in [1.82, 2.24) is 9.80 Å². The third-order valence-corrected chi connectivity index (χ3v) is 5.30. The van der Waals surface area contributed by atoms with Gasteiger partial charge in [-0.25, -0.2) is 0 Å². The predicted molar refractivity (Wildman–Crippen MR) is 89.7 cm³/mol. The number of likely N-dealkylation sites (tertiary alicyclic amines) is 2. The Morgan fingerprint density at radius 3 is 2.67 bits per heavy atom. The van der Waals surface area contributed by atoms with Crippen molar-refractivity contribution in [2.24, 2.45) is 5.92 Å². The Balaban J connectivity index is 1.29. The maximum atomic E-state index is 12.6. The van der Waals surface area contributed by atoms with Gasteiger partial charge in [0, 0.05) is 19.0 Å². The molecule has 0 aromatic heterocycles. The van der Waals surface area contributed by atoms with Gasteiger partial charge in [-0.3, -0.25) is 9.59 Å². The minimum absolute atomic E-state index is 0.0679. The highest BCUT2D eigenvalue weighted by Gasteiger charge is 2.45. The maximum Gasteiger partial charge on any atom is 0.228 e. The lowest BCUT2D eigenvalue weighted by atomic mass is 10.0. The maximum absolute atomic E-state index is 12.6. The van der Waals surface area contributed by atoms with E-state index in [1.807, 2.05) is 28.0 Å². The van der Waals surface area contributed by atoms with Gasteiger partial charge in [-0.15, -0.1) is 0 Å². The summed E-state index contributed by atoms with van der Waals surface area (Å²) in [6.07, 6.45) is 3.59. The summed E-state index contributed by atoms with van der Waals surface area (Å²) in [4.78, 5) is 28.3. The van der Waals surface area contributed by atoms with Crippen LogP contribution in [0.4, 0.5) is 0 Å². The van der Waals surface area contributed by atoms with Gasteiger partial charge in [0.2, 0.25) is 11.8 Å². The molecular weight excluding hydrogens is 304 g/mol. The van der Waals surface area contributed by atoms with E-state index in [2.05, 4.69) is 13.0 Å². The van der Waals surface area contributed by atoms with Gasteiger partial charge in [0.05, 0.1) is 19.0 Å². The molecule has 0 bridgehead atoms. The van der Waals surface area contributed by atoms with Gasteiger partial charge in [0.1, 0.15) is 11.9 Å². The highest BCUT2D eigenvalue weighted by Crippen LogP contribution is 2.34. The first-order valence-corrected chi connectivity index (χ1v) is 8.98. The van der Waals surface area contributed by atoms with Crippen LogP contribution in [0.2, 0.25) is 0 Å². The van der Waals surface area contributed by atoms with E-state index in [4.69, 9.17) is 4.74 Å². The van der Waals surface area contributed by atoms with Crippen molar-refractivity contribution < 1.29 is 14.3 Å². The number of aryl methyl sites for hydroxylation is 1. The molecule has 1 aliphatic carbocycles. The molecule has 128 valence electrons. The molecule has 4 rings (SSSR count). The van der Waals surface area contributed by atoms with Crippen molar-refractivity contribution in [2.45, 2.75) is 44.8 Å². The van der Waals surface area contributed by atoms with E-state index in [1.165, 1.54) is 5.56 Å². The molecule has 2 aliphatic heterocycles. The van der Waals surface area contributed by atoms with Crippen LogP contribution in [0.25, 0.3) is 0 Å². The quantitative estimate of drug-likeness (QED) is 0.829. The van der Waals surface area contributed by atoms with E-state index in [9.17, 15) is 9.59 Å². The monoisotopic (exact) mass is 328 g/mol. The first-order valence-electron chi connectivity index (χ1n) is 8.98. The second kappa shape index (κ2) is 6.11. The zero-order chi connectivity index (χ0) is 16.7. The topological polar surface area (TPSA) is 49.9 Å². The number of hydrogen-bond donors (Lipinski definition) is 0. The average Bonchev–Trinajstić information content (AvgIpc) is 3.32. The van der Waals surface area contributed by atoms with Crippen LogP contribution < -0.4 is 4.74 Å². The fourth-order valence-electron chi connectivity index (χ4n) is 3.68. The van der Waals surface area contributed by atoms with Crippen LogP contribution in [0.5, 0.6) is 5.75 Å². The number of benzene rings is 1. The molecule has 5 heteroatoms. The highest BCUT2D eigenvalue weighted by atomic mass is 16.5. The van der Waals surface area contributed by atoms with Crippen molar-refractivity contribution in [2.75, 3.05) is 19.6 Å². The average molecular weight is 328 g/mol. The first-order chi connectivity index (χ1) is 11.7. The summed E-state index contributed by atoms with van der Waals surface area (Å²) in [5, 5.41) is 0. The van der Waals surface area contributed by atoms with Gasteiger partial charge in [-0.05, 0) is 30.9 Å². The smallest absolute Gasteiger partial charge is 0.228 e. The SMILES string of the molecule is CCc1ccccc1OC1CN(C(=O)[C@H]2CC(=O)N(C3CC3)C2)C1. The van der Waals surface area contributed by atoms with E-state index >= 15 is 0 Å². The van der Waals surface area contributed by atoms with Gasteiger partial charge in [0.25, 0.3) is 0 Å². The van der Waals surface area contributed by atoms with Crippen molar-refractivity contribution >= 4 is 11.8 Å². The van der Waals surface area contributed by atoms with Crippen LogP contribution >= 0.6 is 0 Å². The Kier molecular flexibility index (Phi) is 3.94. The fourth-order valence-corrected chi connectivity index (χ4v) is 3.68. The number of para-hydroxylation sites is 1. The van der Waals surface area contributed by atoms with Crippen LogP contribution in [0.1, 0.15) is 31.7 Å². The lowest BCUT2D eigenvalue weighted by Crippen LogP contribution is -2.57. The van der Waals surface area contributed by atoms with Crippen molar-refractivity contribution in [3.05, 3.63) is 29.8 Å². The zero-order valence-corrected chi connectivity index (χ0v) is 14.1. The van der Waals surface area contributed by atoms with Crippen LogP contribution in [-0.2, 0) is 16.0 Å². The minimum atomic E-state index is -0.151. The number of ether oxygens (including phenoxy) is 1. The number of hydrogen-bond acceptors (Lipinski definition) is 3. The second-order valence-corrected chi connectivity index (χ2v) is 7.12. The Morgan fingerprint density at radius 2 is 1.96 bits per heavy atom. The number of nitrogens with zero attached hydrogens (tertiary/aromatic N) is 2. The minimum Gasteiger partial charge on any atom is -0.486 e. The number of carbonyl (C=O) groups is 2. The standard InChI is InChI=1S/C19H24N2O3/c1-2-13-5-3-4-6-17(13)24-16-11-20(12-16)19(23)14-9-18(22)21(10-14)15-7-8-15/h3-6,14-16H,2,7-12H2,1H3/t14-/m0/s1. The zero-order valence-electron chi connectivity index (χ0n) is 14.1. The fraction of sp³-hybridized carbons (Fsp3) is 0.579. The lowest BCUT2D eigenvalue weighted by molar-refractivity contribution is -0.144. The molecule has 3 aliphatic rings. The summed E-state index contributed by atoms with van der Waals surface area (Å²) < 4.78 is 6.03. The summed E-state index contributed by atoms with van der Waals surface area (Å²) in [7, 11) is 0. The predicted octanol–water partition coefficient (Wildman–Crippen LogP) is 1.85. The Morgan fingerprint density at radius 1 is 1.21 bits per heavy atom. The Hall–Kier alpha value is -2.04. The molecule has 24 heavy (non-hydrogen) atoms. The molecule has 1 saturated carbocycles. The summed E-state index contributed by atoms with van der Waals surface area (Å²) in [5.41, 5.74) is 1.20. The highest BCUT2D eigenvalue weighted by molar-refractivity contribution is 5.90. The number of carbonyl (C=O) groups excluding carboxylic acids is 2.